The molecule has 1 N–H and O–H groups in total. The molecule has 230 valence electrons. The van der Waals surface area contributed by atoms with Crippen LogP contribution in [0, 0.1) is 11.6 Å². The number of hydrogen-bond donors (Lipinski definition) is 1. The van der Waals surface area contributed by atoms with E-state index in [1.165, 1.54) is 30.6 Å². The van der Waals surface area contributed by atoms with Gasteiger partial charge in [0, 0.05) is 21.6 Å². The molecule has 0 spiro atoms. The van der Waals surface area contributed by atoms with Gasteiger partial charge in [0.05, 0.1) is 25.6 Å². The maximum atomic E-state index is 15.7. The topological polar surface area (TPSA) is 129 Å². The quantitative estimate of drug-likeness (QED) is 0.179. The van der Waals surface area contributed by atoms with Gasteiger partial charge in [0.15, 0.2) is 11.6 Å². The van der Waals surface area contributed by atoms with E-state index in [4.69, 9.17) is 4.74 Å². The molecule has 0 amide bonds. The van der Waals surface area contributed by atoms with Crippen molar-refractivity contribution in [2.24, 2.45) is 0 Å². The average Bonchev–Trinajstić information content (AvgIpc) is 3.69. The molecule has 0 unspecified atom stereocenters. The molecule has 0 aliphatic rings. The number of aromatic amines is 1. The molecule has 3 aromatic carbocycles. The van der Waals surface area contributed by atoms with Gasteiger partial charge in [-0.15, -0.1) is 11.3 Å². The van der Waals surface area contributed by atoms with Crippen LogP contribution in [0.1, 0.15) is 27.7 Å². The van der Waals surface area contributed by atoms with Gasteiger partial charge < -0.3 is 4.74 Å². The number of aryl methyl sites for hydroxylation is 1. The predicted molar refractivity (Wildman–Crippen MR) is 171 cm³/mol. The van der Waals surface area contributed by atoms with Gasteiger partial charge in [-0.25, -0.2) is 18.4 Å². The third kappa shape index (κ3) is 6.41. The number of benzene rings is 3. The van der Waals surface area contributed by atoms with Crippen molar-refractivity contribution in [2.75, 3.05) is 7.11 Å². The van der Waals surface area contributed by atoms with Crippen molar-refractivity contribution < 1.29 is 22.8 Å². The number of carbonyl (C=O) groups excluding carboxylic acids is 1. The van der Waals surface area contributed by atoms with E-state index in [0.29, 0.717) is 23.3 Å². The zero-order valence-electron chi connectivity index (χ0n) is 23.9. The van der Waals surface area contributed by atoms with Gasteiger partial charge in [-0.2, -0.15) is 0 Å². The summed E-state index contributed by atoms with van der Waals surface area (Å²) >= 11 is 1.17. The van der Waals surface area contributed by atoms with E-state index in [1.54, 1.807) is 42.5 Å². The van der Waals surface area contributed by atoms with E-state index in [2.05, 4.69) is 14.7 Å². The van der Waals surface area contributed by atoms with Crippen LogP contribution in [-0.4, -0.2) is 83.6 Å². The van der Waals surface area contributed by atoms with E-state index in [-0.39, 0.29) is 78.6 Å². The first kappa shape index (κ1) is 33.6. The minimum absolute atomic E-state index is 0. The molecule has 0 fully saturated rings. The Balaban J connectivity index is 0.00000417. The van der Waals surface area contributed by atoms with E-state index < -0.39 is 53.1 Å². The molecule has 14 heteroatoms. The molecule has 0 saturated heterocycles. The Labute approximate surface area is 305 Å². The van der Waals surface area contributed by atoms with Crippen molar-refractivity contribution in [3.8, 4) is 28.3 Å². The molecular formula is C32H25F2KN4O6S. The van der Waals surface area contributed by atoms with Crippen LogP contribution in [0.4, 0.5) is 8.78 Å². The molecule has 10 nitrogen and oxygen atoms in total. The predicted octanol–water partition coefficient (Wildman–Crippen LogP) is 4.37. The van der Waals surface area contributed by atoms with Gasteiger partial charge in [0.2, 0.25) is 0 Å². The number of fused-ring (bicyclic) bond motifs is 1. The number of Topliss-reactive ketones (excluding diaryl/α,β-unsaturated/α-hetero) is 1. The first-order valence-corrected chi connectivity index (χ1v) is 14.6. The monoisotopic (exact) mass is 670 g/mol. The van der Waals surface area contributed by atoms with Crippen LogP contribution >= 0.6 is 11.3 Å². The Morgan fingerprint density at radius 2 is 1.65 bits per heavy atom. The zero-order valence-corrected chi connectivity index (χ0v) is 24.7. The molecular weight excluding hydrogens is 646 g/mol. The van der Waals surface area contributed by atoms with Crippen molar-refractivity contribution in [3.05, 3.63) is 126 Å². The second kappa shape index (κ2) is 13.9. The number of H-pyrrole nitrogens is 1. The Hall–Kier alpha value is -3.79. The van der Waals surface area contributed by atoms with E-state index >= 15 is 8.78 Å². The van der Waals surface area contributed by atoms with Gasteiger partial charge in [-0.1, -0.05) is 36.3 Å². The van der Waals surface area contributed by atoms with Gasteiger partial charge in [0.1, 0.15) is 22.2 Å². The van der Waals surface area contributed by atoms with Gasteiger partial charge in [-0.3, -0.25) is 28.2 Å². The number of rotatable bonds is 9. The summed E-state index contributed by atoms with van der Waals surface area (Å²) in [7, 11) is 1.49. The van der Waals surface area contributed by atoms with Crippen LogP contribution in [0.25, 0.3) is 32.7 Å². The van der Waals surface area contributed by atoms with Crippen LogP contribution in [-0.2, 0) is 19.5 Å². The minimum atomic E-state index is -0.937. The molecule has 0 bridgehead atoms. The third-order valence-corrected chi connectivity index (χ3v) is 8.70. The summed E-state index contributed by atoms with van der Waals surface area (Å²) in [5, 5.41) is 3.85. The van der Waals surface area contributed by atoms with Crippen molar-refractivity contribution in [3.63, 3.8) is 0 Å². The van der Waals surface area contributed by atoms with Crippen molar-refractivity contribution >= 4 is 78.7 Å². The second-order valence-electron chi connectivity index (χ2n) is 10.1. The third-order valence-electron chi connectivity index (χ3n) is 7.40. The molecule has 0 radical (unpaired) electrons. The summed E-state index contributed by atoms with van der Waals surface area (Å²) in [5.74, 6) is -2.53. The average molecular weight is 671 g/mol. The molecule has 3 heterocycles. The van der Waals surface area contributed by atoms with Gasteiger partial charge in [-0.05, 0) is 60.0 Å². The van der Waals surface area contributed by atoms with E-state index in [1.807, 2.05) is 6.92 Å². The molecule has 6 rings (SSSR count). The van der Waals surface area contributed by atoms with Crippen molar-refractivity contribution in [1.82, 2.24) is 19.3 Å². The summed E-state index contributed by atoms with van der Waals surface area (Å²) < 4.78 is 43.1. The summed E-state index contributed by atoms with van der Waals surface area (Å²) in [4.78, 5) is 55.3. The van der Waals surface area contributed by atoms with Crippen LogP contribution < -0.4 is 21.7 Å². The number of ketones is 1. The number of carbonyl (C=O) groups is 1. The SMILES string of the molecule is CCc1cc2c(=O)n(CC(=O)c3ccc(OC)cc3)c(=O)n(Cc3c(F)cc(-c4ccccc4-c4noc(=O)[nH]4)cc3F)c2s1.[KH]. The fourth-order valence-electron chi connectivity index (χ4n) is 5.07. The second-order valence-corrected chi connectivity index (χ2v) is 11.2. The Kier molecular flexibility index (Phi) is 10.1. The standard InChI is InChI=1S/C32H24F2N4O6S.K.H/c1-3-20-14-23-29(40)37(16-27(39)17-8-10-19(43-2)11-9-17)32(42)38(30(23)45-20)15-24-25(33)12-18(13-26(24)34)21-6-4-5-7-22(21)28-35-31(41)44-36-28;;/h4-14H,3,15-16H2,1-2H3,(H,35,36,41);;. The number of halogens is 2. The first-order valence-electron chi connectivity index (χ1n) is 13.8. The normalized spacial score (nSPS) is 11.0. The van der Waals surface area contributed by atoms with Crippen molar-refractivity contribution in [1.29, 1.82) is 0 Å². The number of aromatic nitrogens is 4. The molecule has 46 heavy (non-hydrogen) atoms. The zero-order chi connectivity index (χ0) is 31.8. The number of thiophene rings is 1. The fourth-order valence-corrected chi connectivity index (χ4v) is 6.15. The van der Waals surface area contributed by atoms with Crippen LogP contribution in [0.2, 0.25) is 0 Å². The summed E-state index contributed by atoms with van der Waals surface area (Å²) in [6.07, 6.45) is 0.561. The molecule has 0 atom stereocenters. The number of ether oxygens (including phenoxy) is 1. The Morgan fingerprint density at radius 3 is 2.26 bits per heavy atom. The first-order chi connectivity index (χ1) is 21.7. The maximum absolute atomic E-state index is 15.7. The van der Waals surface area contributed by atoms with Crippen LogP contribution in [0.5, 0.6) is 5.75 Å². The number of nitrogens with zero attached hydrogens (tertiary/aromatic N) is 3. The van der Waals surface area contributed by atoms with Gasteiger partial charge in [0.25, 0.3) is 5.56 Å². The van der Waals surface area contributed by atoms with Crippen LogP contribution in [0.15, 0.2) is 85.6 Å². The van der Waals surface area contributed by atoms with E-state index in [9.17, 15) is 19.2 Å². The summed E-state index contributed by atoms with van der Waals surface area (Å²) in [5.41, 5.74) is -0.770. The van der Waals surface area contributed by atoms with E-state index in [0.717, 1.165) is 26.1 Å². The number of hydrogen-bond acceptors (Lipinski definition) is 8. The molecule has 0 saturated carbocycles. The van der Waals surface area contributed by atoms with Crippen LogP contribution in [0.3, 0.4) is 0 Å². The molecule has 3 aromatic heterocycles. The Bertz CT molecular complexity index is 2250. The molecule has 0 aliphatic heterocycles. The molecule has 6 aromatic rings. The molecule has 0 aliphatic carbocycles. The Morgan fingerprint density at radius 1 is 0.978 bits per heavy atom. The number of nitrogens with one attached hydrogen (secondary N) is 1. The fraction of sp³-hybridized carbons (Fsp3) is 0.156. The summed E-state index contributed by atoms with van der Waals surface area (Å²) in [6.45, 7) is 0.776. The summed E-state index contributed by atoms with van der Waals surface area (Å²) in [6, 6.07) is 16.6. The number of methoxy groups -OCH3 is 1. The van der Waals surface area contributed by atoms with Crippen molar-refractivity contribution in [2.45, 2.75) is 26.4 Å². The van der Waals surface area contributed by atoms with Gasteiger partial charge >= 0.3 is 62.8 Å².